The van der Waals surface area contributed by atoms with Crippen LogP contribution in [0, 0.1) is 13.8 Å². The minimum atomic E-state index is -0.259. The second-order valence-electron chi connectivity index (χ2n) is 8.79. The number of rotatable bonds is 5. The summed E-state index contributed by atoms with van der Waals surface area (Å²) in [7, 11) is 0. The molecule has 3 aromatic heterocycles. The molecule has 2 aliphatic rings. The molecule has 1 unspecified atom stereocenters. The number of aromatic nitrogens is 5. The van der Waals surface area contributed by atoms with Gasteiger partial charge in [-0.05, 0) is 43.2 Å². The Bertz CT molecular complexity index is 1430. The normalized spacial score (nSPS) is 16.1. The van der Waals surface area contributed by atoms with Gasteiger partial charge in [-0.3, -0.25) is 14.9 Å². The molecule has 0 saturated heterocycles. The zero-order valence-electron chi connectivity index (χ0n) is 20.3. The van der Waals surface area contributed by atoms with E-state index in [0.717, 1.165) is 40.5 Å². The van der Waals surface area contributed by atoms with E-state index in [9.17, 15) is 0 Å². The summed E-state index contributed by atoms with van der Waals surface area (Å²) in [5, 5.41) is 11.8. The van der Waals surface area contributed by atoms with E-state index in [2.05, 4.69) is 50.6 Å². The van der Waals surface area contributed by atoms with Crippen molar-refractivity contribution in [1.82, 2.24) is 29.7 Å². The van der Waals surface area contributed by atoms with Gasteiger partial charge in [0.2, 0.25) is 12.0 Å². The van der Waals surface area contributed by atoms with Crippen LogP contribution < -0.4 is 21.5 Å². The Morgan fingerprint density at radius 3 is 2.22 bits per heavy atom. The maximum absolute atomic E-state index is 5.11. The summed E-state index contributed by atoms with van der Waals surface area (Å²) in [6.07, 6.45) is 3.37. The first-order chi connectivity index (χ1) is 17.1. The molecule has 0 aliphatic carbocycles. The molecule has 0 amide bonds. The first kappa shape index (κ1) is 23.8. The Hall–Kier alpha value is -3.92. The maximum Gasteiger partial charge on any atom is 0.388 e. The average Bonchev–Trinajstić information content (AvgIpc) is 3.35. The van der Waals surface area contributed by atoms with E-state index in [4.69, 9.17) is 15.2 Å². The first-order valence-electron chi connectivity index (χ1n) is 11.6. The van der Waals surface area contributed by atoms with Crippen LogP contribution in [0.1, 0.15) is 41.4 Å². The molecule has 1 atom stereocenters. The molecule has 4 aromatic rings. The SMILES string of the molecule is CC1=NN2C(=Nc3n(nc(C)[n+]3Cc3ccccn3)C2c2ccc(C)cc2)N1Cc1ccccn1.[Br-]. The number of guanidine groups is 1. The molecule has 5 heterocycles. The second-order valence-corrected chi connectivity index (χ2v) is 8.79. The van der Waals surface area contributed by atoms with E-state index in [1.54, 1.807) is 0 Å². The van der Waals surface area contributed by atoms with Crippen LogP contribution in [-0.2, 0) is 13.1 Å². The number of pyridine rings is 2. The highest BCUT2D eigenvalue weighted by atomic mass is 79.9. The Morgan fingerprint density at radius 1 is 0.861 bits per heavy atom. The lowest BCUT2D eigenvalue weighted by atomic mass is 10.1. The minimum absolute atomic E-state index is 0. The van der Waals surface area contributed by atoms with Crippen molar-refractivity contribution >= 4 is 17.7 Å². The number of halogens is 1. The van der Waals surface area contributed by atoms with Crippen molar-refractivity contribution in [3.63, 3.8) is 0 Å². The van der Waals surface area contributed by atoms with Crippen LogP contribution in [0.15, 0.2) is 83.2 Å². The molecule has 2 aliphatic heterocycles. The fourth-order valence-electron chi connectivity index (χ4n) is 4.49. The van der Waals surface area contributed by atoms with E-state index >= 15 is 0 Å². The highest BCUT2D eigenvalue weighted by molar-refractivity contribution is 6.03. The van der Waals surface area contributed by atoms with Crippen LogP contribution in [0.5, 0.6) is 0 Å². The molecule has 6 rings (SSSR count). The van der Waals surface area contributed by atoms with E-state index < -0.39 is 0 Å². The molecule has 0 radical (unpaired) electrons. The predicted molar refractivity (Wildman–Crippen MR) is 132 cm³/mol. The molecule has 36 heavy (non-hydrogen) atoms. The van der Waals surface area contributed by atoms with Gasteiger partial charge in [-0.2, -0.15) is 10.1 Å². The monoisotopic (exact) mass is 543 g/mol. The van der Waals surface area contributed by atoms with Gasteiger partial charge in [-0.1, -0.05) is 51.6 Å². The Balaban J connectivity index is 0.00000267. The van der Waals surface area contributed by atoms with Crippen LogP contribution in [0.2, 0.25) is 0 Å². The standard InChI is InChI=1S/C26H26N9.BrH/c1-18-10-12-21(13-11-18)24-34-25(32(19(2)30-34)16-22-8-4-6-14-27-22)29-26-33(20(3)31-35(24)26)17-23-9-5-7-15-28-23;/h4-15,24H,16-17H2,1-3H3;1H/q+1;/p-1. The zero-order valence-corrected chi connectivity index (χ0v) is 21.9. The smallest absolute Gasteiger partial charge is 0.388 e. The number of benzene rings is 1. The van der Waals surface area contributed by atoms with Gasteiger partial charge in [0.25, 0.3) is 5.96 Å². The average molecular weight is 544 g/mol. The van der Waals surface area contributed by atoms with Crippen LogP contribution in [0.25, 0.3) is 0 Å². The highest BCUT2D eigenvalue weighted by Gasteiger charge is 2.46. The van der Waals surface area contributed by atoms with Crippen LogP contribution in [-0.4, -0.2) is 41.5 Å². The highest BCUT2D eigenvalue weighted by Crippen LogP contribution is 2.35. The maximum atomic E-state index is 5.11. The van der Waals surface area contributed by atoms with Crippen molar-refractivity contribution in [1.29, 1.82) is 0 Å². The van der Waals surface area contributed by atoms with E-state index in [1.807, 2.05) is 72.3 Å². The van der Waals surface area contributed by atoms with E-state index in [1.165, 1.54) is 5.56 Å². The molecule has 0 N–H and O–H groups in total. The fourth-order valence-corrected chi connectivity index (χ4v) is 4.49. The third-order valence-electron chi connectivity index (χ3n) is 6.31. The van der Waals surface area contributed by atoms with Gasteiger partial charge >= 0.3 is 5.95 Å². The molecular weight excluding hydrogens is 518 g/mol. The van der Waals surface area contributed by atoms with Gasteiger partial charge in [-0.15, -0.1) is 0 Å². The molecule has 10 heteroatoms. The second kappa shape index (κ2) is 9.62. The summed E-state index contributed by atoms with van der Waals surface area (Å²) in [4.78, 5) is 16.3. The number of hydrazone groups is 1. The fraction of sp³-hybridized carbons (Fsp3) is 0.231. The number of fused-ring (bicyclic) bond motifs is 2. The lowest BCUT2D eigenvalue weighted by molar-refractivity contribution is -0.682. The van der Waals surface area contributed by atoms with Crippen LogP contribution in [0.4, 0.5) is 5.95 Å². The van der Waals surface area contributed by atoms with Gasteiger partial charge in [0.1, 0.15) is 12.4 Å². The molecule has 9 nitrogen and oxygen atoms in total. The van der Waals surface area contributed by atoms with Gasteiger partial charge in [-0.25, -0.2) is 4.57 Å². The molecular formula is C26H26BrN9. The summed E-state index contributed by atoms with van der Waals surface area (Å²) >= 11 is 0. The third kappa shape index (κ3) is 4.17. The van der Waals surface area contributed by atoms with Gasteiger partial charge in [0.05, 0.1) is 17.9 Å². The van der Waals surface area contributed by atoms with Crippen LogP contribution in [0.3, 0.4) is 0 Å². The largest absolute Gasteiger partial charge is 1.00 e. The Labute approximate surface area is 220 Å². The number of hydrogen-bond donors (Lipinski definition) is 0. The quantitative estimate of drug-likeness (QED) is 0.339. The summed E-state index contributed by atoms with van der Waals surface area (Å²) in [5.41, 5.74) is 4.21. The Kier molecular flexibility index (Phi) is 6.36. The number of amidine groups is 1. The lowest BCUT2D eigenvalue weighted by Crippen LogP contribution is -3.00. The Morgan fingerprint density at radius 2 is 1.56 bits per heavy atom. The topological polar surface area (TPSA) is 78.7 Å². The molecule has 0 bridgehead atoms. The first-order valence-corrected chi connectivity index (χ1v) is 11.6. The lowest BCUT2D eigenvalue weighted by Gasteiger charge is -2.28. The number of hydrogen-bond acceptors (Lipinski definition) is 7. The zero-order chi connectivity index (χ0) is 23.9. The third-order valence-corrected chi connectivity index (χ3v) is 6.31. The van der Waals surface area contributed by atoms with E-state index in [0.29, 0.717) is 13.1 Å². The number of nitrogens with zero attached hydrogens (tertiary/aromatic N) is 9. The van der Waals surface area contributed by atoms with Crippen molar-refractivity contribution in [3.05, 3.63) is 101 Å². The summed E-state index contributed by atoms with van der Waals surface area (Å²) in [6, 6.07) is 20.4. The van der Waals surface area contributed by atoms with Crippen molar-refractivity contribution in [2.75, 3.05) is 0 Å². The summed E-state index contributed by atoms with van der Waals surface area (Å²) in [6.45, 7) is 7.27. The van der Waals surface area contributed by atoms with Crippen LogP contribution >= 0.6 is 0 Å². The van der Waals surface area contributed by atoms with Gasteiger partial charge in [0, 0.05) is 24.9 Å². The number of aliphatic imine (C=N–C) groups is 1. The summed E-state index contributed by atoms with van der Waals surface area (Å²) < 4.78 is 4.08. The van der Waals surface area contributed by atoms with E-state index in [-0.39, 0.29) is 23.1 Å². The molecule has 0 saturated carbocycles. The molecule has 0 fully saturated rings. The van der Waals surface area contributed by atoms with Gasteiger partial charge < -0.3 is 17.0 Å². The minimum Gasteiger partial charge on any atom is -1.00 e. The number of aryl methyl sites for hydroxylation is 2. The molecule has 1 aromatic carbocycles. The predicted octanol–water partition coefficient (Wildman–Crippen LogP) is 0.329. The molecule has 182 valence electrons. The summed E-state index contributed by atoms with van der Waals surface area (Å²) in [5.74, 6) is 3.26. The van der Waals surface area contributed by atoms with Crippen molar-refractivity contribution in [2.45, 2.75) is 40.0 Å². The van der Waals surface area contributed by atoms with Crippen molar-refractivity contribution < 1.29 is 21.5 Å². The van der Waals surface area contributed by atoms with Gasteiger partial charge in [0.15, 0.2) is 0 Å². The van der Waals surface area contributed by atoms with Crippen molar-refractivity contribution in [3.8, 4) is 0 Å². The van der Waals surface area contributed by atoms with Crippen molar-refractivity contribution in [2.24, 2.45) is 10.1 Å². The molecule has 0 spiro atoms.